The fourth-order valence-electron chi connectivity index (χ4n) is 5.39. The quantitative estimate of drug-likeness (QED) is 0.186. The van der Waals surface area contributed by atoms with Crippen LogP contribution in [0, 0.1) is 23.2 Å². The number of ether oxygens (including phenoxy) is 1. The highest BCUT2D eigenvalue weighted by Crippen LogP contribution is 2.35. The number of primary amides is 1. The molecule has 15 heteroatoms. The summed E-state index contributed by atoms with van der Waals surface area (Å²) in [6, 6.07) is -6.83. The number of carbonyl (C=O) groups is 6. The lowest BCUT2D eigenvalue weighted by Gasteiger charge is -2.37. The van der Waals surface area contributed by atoms with Gasteiger partial charge in [0.05, 0.1) is 12.5 Å². The zero-order valence-corrected chi connectivity index (χ0v) is 27.3. The minimum absolute atomic E-state index is 0.0754. The molecular formula is C30H48F3N5O7. The van der Waals surface area contributed by atoms with Crippen LogP contribution >= 0.6 is 0 Å². The first-order valence-corrected chi connectivity index (χ1v) is 15.2. The van der Waals surface area contributed by atoms with Crippen LogP contribution in [0.4, 0.5) is 18.0 Å². The molecule has 2 fully saturated rings. The van der Waals surface area contributed by atoms with E-state index in [2.05, 4.69) is 10.6 Å². The van der Waals surface area contributed by atoms with Crippen molar-refractivity contribution in [3.8, 4) is 0 Å². The molecule has 45 heavy (non-hydrogen) atoms. The number of rotatable bonds is 12. The van der Waals surface area contributed by atoms with E-state index >= 15 is 0 Å². The van der Waals surface area contributed by atoms with Crippen LogP contribution in [0.2, 0.25) is 0 Å². The van der Waals surface area contributed by atoms with Gasteiger partial charge in [0, 0.05) is 6.54 Å². The van der Waals surface area contributed by atoms with Crippen LogP contribution in [0.15, 0.2) is 0 Å². The smallest absolute Gasteiger partial charge is 0.391 e. The molecular weight excluding hydrogens is 599 g/mol. The number of hydrogen-bond donors (Lipinski definition) is 4. The van der Waals surface area contributed by atoms with E-state index in [0.717, 1.165) is 12.8 Å². The van der Waals surface area contributed by atoms with Crippen molar-refractivity contribution in [1.29, 1.82) is 0 Å². The molecule has 5 N–H and O–H groups in total. The standard InChI is InChI=1S/C30H48F3N5O7/c1-15(2)17-11-12-38(20(17)24(41)35-18(13-16-9-10-16)21(39)23(34)40)25(42)22(28(3,4)5)37-27(44)36-19(14-30(31,32)33)26(43)45-29(6,7)8/h15-20,22H,9-14H2,1-8H3,(H2,34,40)(H,35,41)(H2,36,37,44)/t17-,18?,19?,20+,22-/m1/s1. The average molecular weight is 648 g/mol. The van der Waals surface area contributed by atoms with Gasteiger partial charge < -0.3 is 31.3 Å². The number of urea groups is 1. The number of nitrogens with two attached hydrogens (primary N) is 1. The lowest BCUT2D eigenvalue weighted by atomic mass is 9.84. The molecule has 1 heterocycles. The Morgan fingerprint density at radius 3 is 1.91 bits per heavy atom. The third-order valence-corrected chi connectivity index (χ3v) is 7.82. The minimum atomic E-state index is -4.82. The second-order valence-electron chi connectivity index (χ2n) is 14.5. The summed E-state index contributed by atoms with van der Waals surface area (Å²) in [5.74, 6) is -4.98. The molecule has 1 aliphatic carbocycles. The van der Waals surface area contributed by atoms with Crippen molar-refractivity contribution in [2.75, 3.05) is 6.54 Å². The zero-order chi connectivity index (χ0) is 34.7. The highest BCUT2D eigenvalue weighted by atomic mass is 19.4. The predicted molar refractivity (Wildman–Crippen MR) is 157 cm³/mol. The molecule has 5 amide bonds. The van der Waals surface area contributed by atoms with Gasteiger partial charge in [-0.05, 0) is 56.8 Å². The molecule has 5 atom stereocenters. The lowest BCUT2D eigenvalue weighted by Crippen LogP contribution is -2.62. The van der Waals surface area contributed by atoms with Crippen molar-refractivity contribution in [2.24, 2.45) is 28.9 Å². The van der Waals surface area contributed by atoms with Crippen molar-refractivity contribution in [3.63, 3.8) is 0 Å². The highest BCUT2D eigenvalue weighted by Gasteiger charge is 2.48. The first kappa shape index (κ1) is 37.8. The van der Waals surface area contributed by atoms with Gasteiger partial charge in [-0.25, -0.2) is 9.59 Å². The van der Waals surface area contributed by atoms with Crippen molar-refractivity contribution in [1.82, 2.24) is 20.9 Å². The monoisotopic (exact) mass is 647 g/mol. The van der Waals surface area contributed by atoms with Gasteiger partial charge in [0.15, 0.2) is 0 Å². The molecule has 0 aromatic carbocycles. The Morgan fingerprint density at radius 1 is 0.889 bits per heavy atom. The zero-order valence-electron chi connectivity index (χ0n) is 27.3. The van der Waals surface area contributed by atoms with Crippen LogP contribution in [-0.2, 0) is 28.7 Å². The van der Waals surface area contributed by atoms with Crippen LogP contribution in [0.5, 0.6) is 0 Å². The highest BCUT2D eigenvalue weighted by molar-refractivity contribution is 6.37. The van der Waals surface area contributed by atoms with Crippen molar-refractivity contribution in [2.45, 2.75) is 123 Å². The summed E-state index contributed by atoms with van der Waals surface area (Å²) in [4.78, 5) is 78.8. The fourth-order valence-corrected chi connectivity index (χ4v) is 5.39. The largest absolute Gasteiger partial charge is 0.458 e. The third-order valence-electron chi connectivity index (χ3n) is 7.82. The molecule has 0 aromatic heterocycles. The first-order chi connectivity index (χ1) is 20.4. The summed E-state index contributed by atoms with van der Waals surface area (Å²) in [6.45, 7) is 13.1. The number of alkyl halides is 3. The SMILES string of the molecule is CC(C)[C@H]1CCN(C(=O)[C@@H](NC(=O)NC(CC(F)(F)F)C(=O)OC(C)(C)C)C(C)(C)C)[C@@H]1C(=O)NC(CC1CC1)C(=O)C(N)=O. The maximum atomic E-state index is 14.1. The van der Waals surface area contributed by atoms with Crippen LogP contribution in [0.3, 0.4) is 0 Å². The van der Waals surface area contributed by atoms with E-state index in [0.29, 0.717) is 6.42 Å². The second-order valence-corrected chi connectivity index (χ2v) is 14.5. The normalized spacial score (nSPS) is 21.0. The van der Waals surface area contributed by atoms with E-state index in [9.17, 15) is 41.9 Å². The molecule has 0 spiro atoms. The Labute approximate surface area is 262 Å². The van der Waals surface area contributed by atoms with E-state index in [1.54, 1.807) is 20.8 Å². The van der Waals surface area contributed by atoms with Gasteiger partial charge >= 0.3 is 18.2 Å². The Hall–Kier alpha value is -3.39. The van der Waals surface area contributed by atoms with Crippen LogP contribution in [0.25, 0.3) is 0 Å². The molecule has 12 nitrogen and oxygen atoms in total. The van der Waals surface area contributed by atoms with Crippen LogP contribution in [0.1, 0.15) is 87.5 Å². The Bertz CT molecular complexity index is 1140. The summed E-state index contributed by atoms with van der Waals surface area (Å²) in [7, 11) is 0. The average Bonchev–Trinajstić information content (AvgIpc) is 3.56. The van der Waals surface area contributed by atoms with Gasteiger partial charge in [-0.1, -0.05) is 47.5 Å². The molecule has 0 bridgehead atoms. The van der Waals surface area contributed by atoms with Gasteiger partial charge in [0.2, 0.25) is 17.6 Å². The maximum absolute atomic E-state index is 14.1. The number of nitrogens with one attached hydrogen (secondary N) is 3. The second kappa shape index (κ2) is 14.4. The fraction of sp³-hybridized carbons (Fsp3) is 0.800. The summed E-state index contributed by atoms with van der Waals surface area (Å²) in [5.41, 5.74) is 3.11. The number of esters is 1. The summed E-state index contributed by atoms with van der Waals surface area (Å²) >= 11 is 0. The van der Waals surface area contributed by atoms with Crippen molar-refractivity contribution < 1.29 is 46.7 Å². The van der Waals surface area contributed by atoms with Gasteiger partial charge in [-0.15, -0.1) is 0 Å². The Kier molecular flexibility index (Phi) is 12.1. The predicted octanol–water partition coefficient (Wildman–Crippen LogP) is 2.58. The summed E-state index contributed by atoms with van der Waals surface area (Å²) in [5, 5.41) is 7.06. The lowest BCUT2D eigenvalue weighted by molar-refractivity contribution is -0.170. The molecule has 2 aliphatic rings. The summed E-state index contributed by atoms with van der Waals surface area (Å²) in [6.07, 6.45) is -4.15. The van der Waals surface area contributed by atoms with E-state index in [1.807, 2.05) is 19.2 Å². The van der Waals surface area contributed by atoms with Gasteiger partial charge in [0.1, 0.15) is 23.7 Å². The number of Topliss-reactive ketones (excluding diaryl/α,β-unsaturated/α-hetero) is 1. The molecule has 256 valence electrons. The molecule has 2 unspecified atom stereocenters. The van der Waals surface area contributed by atoms with E-state index < -0.39 is 83.3 Å². The summed E-state index contributed by atoms with van der Waals surface area (Å²) < 4.78 is 44.9. The topological polar surface area (TPSA) is 177 Å². The van der Waals surface area contributed by atoms with Gasteiger partial charge in [0.25, 0.3) is 5.91 Å². The maximum Gasteiger partial charge on any atom is 0.391 e. The van der Waals surface area contributed by atoms with E-state index in [4.69, 9.17) is 10.5 Å². The van der Waals surface area contributed by atoms with Crippen LogP contribution < -0.4 is 21.7 Å². The number of likely N-dealkylation sites (tertiary alicyclic amines) is 1. The molecule has 1 saturated heterocycles. The number of carbonyl (C=O) groups excluding carboxylic acids is 6. The molecule has 1 aliphatic heterocycles. The number of nitrogens with zero attached hydrogens (tertiary/aromatic N) is 1. The number of amides is 5. The first-order valence-electron chi connectivity index (χ1n) is 15.2. The van der Waals surface area contributed by atoms with E-state index in [-0.39, 0.29) is 30.7 Å². The number of ketones is 1. The molecule has 1 saturated carbocycles. The van der Waals surface area contributed by atoms with Crippen molar-refractivity contribution >= 4 is 35.5 Å². The number of halogens is 3. The Morgan fingerprint density at radius 2 is 1.47 bits per heavy atom. The third kappa shape index (κ3) is 11.5. The minimum Gasteiger partial charge on any atom is -0.458 e. The van der Waals surface area contributed by atoms with Crippen LogP contribution in [-0.4, -0.2) is 82.9 Å². The van der Waals surface area contributed by atoms with Gasteiger partial charge in [-0.3, -0.25) is 19.2 Å². The molecule has 0 aromatic rings. The molecule has 0 radical (unpaired) electrons. The van der Waals surface area contributed by atoms with Gasteiger partial charge in [-0.2, -0.15) is 13.2 Å². The van der Waals surface area contributed by atoms with E-state index in [1.165, 1.54) is 25.7 Å². The van der Waals surface area contributed by atoms with Crippen molar-refractivity contribution in [3.05, 3.63) is 0 Å². The molecule has 2 rings (SSSR count). The Balaban J connectivity index is 2.33. The number of hydrogen-bond acceptors (Lipinski definition) is 7.